The summed E-state index contributed by atoms with van der Waals surface area (Å²) in [5, 5.41) is 3.09. The molecule has 1 atom stereocenters. The number of hydrogen-bond donors (Lipinski definition) is 1. The van der Waals surface area contributed by atoms with Crippen LogP contribution in [0.1, 0.15) is 50.5 Å². The normalized spacial score (nSPS) is 20.6. The van der Waals surface area contributed by atoms with Crippen LogP contribution >= 0.6 is 0 Å². The zero-order valence-electron chi connectivity index (χ0n) is 15.6. The van der Waals surface area contributed by atoms with E-state index < -0.39 is 0 Å². The van der Waals surface area contributed by atoms with Gasteiger partial charge in [-0.1, -0.05) is 42.0 Å². The molecule has 1 aliphatic carbocycles. The molecule has 2 aliphatic rings. The third kappa shape index (κ3) is 5.45. The summed E-state index contributed by atoms with van der Waals surface area (Å²) >= 11 is 0. The number of benzene rings is 1. The number of piperidine rings is 1. The minimum atomic E-state index is -0.0659. The Morgan fingerprint density at radius 2 is 1.96 bits per heavy atom. The third-order valence-electron chi connectivity index (χ3n) is 5.51. The molecular weight excluding hydrogens is 324 g/mol. The number of nitrogens with zero attached hydrogens (tertiary/aromatic N) is 1. The molecule has 1 aliphatic heterocycles. The number of carbonyl (C=O) groups is 2. The molecular formula is C22H30N2O2. The maximum atomic E-state index is 12.5. The summed E-state index contributed by atoms with van der Waals surface area (Å²) in [6, 6.07) is 10.2. The molecule has 0 bridgehead atoms. The summed E-state index contributed by atoms with van der Waals surface area (Å²) in [5.41, 5.74) is 2.72. The lowest BCUT2D eigenvalue weighted by molar-refractivity contribution is -0.138. The highest BCUT2D eigenvalue weighted by Crippen LogP contribution is 2.20. The Bertz CT molecular complexity index is 639. The lowest BCUT2D eigenvalue weighted by Gasteiger charge is -2.32. The Balaban J connectivity index is 1.43. The first-order valence-corrected chi connectivity index (χ1v) is 9.99. The van der Waals surface area contributed by atoms with E-state index in [4.69, 9.17) is 0 Å². The fourth-order valence-corrected chi connectivity index (χ4v) is 3.88. The van der Waals surface area contributed by atoms with Crippen LogP contribution in [0.25, 0.3) is 0 Å². The number of carbonyl (C=O) groups excluding carboxylic acids is 2. The molecule has 2 amide bonds. The molecule has 26 heavy (non-hydrogen) atoms. The zero-order chi connectivity index (χ0) is 18.2. The van der Waals surface area contributed by atoms with Crippen molar-refractivity contribution in [1.82, 2.24) is 10.2 Å². The van der Waals surface area contributed by atoms with E-state index in [-0.39, 0.29) is 17.7 Å². The van der Waals surface area contributed by atoms with Crippen LogP contribution in [0.15, 0.2) is 42.0 Å². The minimum Gasteiger partial charge on any atom is -0.355 e. The van der Waals surface area contributed by atoms with Crippen LogP contribution in [0.5, 0.6) is 0 Å². The maximum absolute atomic E-state index is 12.5. The number of hydrogen-bond acceptors (Lipinski definition) is 2. The van der Waals surface area contributed by atoms with Gasteiger partial charge in [-0.25, -0.2) is 0 Å². The topological polar surface area (TPSA) is 49.4 Å². The van der Waals surface area contributed by atoms with Gasteiger partial charge in [0.05, 0.1) is 5.92 Å². The van der Waals surface area contributed by atoms with Crippen LogP contribution in [-0.4, -0.2) is 36.3 Å². The lowest BCUT2D eigenvalue weighted by Crippen LogP contribution is -2.46. The van der Waals surface area contributed by atoms with Gasteiger partial charge >= 0.3 is 0 Å². The van der Waals surface area contributed by atoms with Gasteiger partial charge in [-0.2, -0.15) is 0 Å². The van der Waals surface area contributed by atoms with Crippen molar-refractivity contribution in [1.29, 1.82) is 0 Å². The second kappa shape index (κ2) is 9.56. The number of nitrogens with one attached hydrogen (secondary N) is 1. The average molecular weight is 354 g/mol. The van der Waals surface area contributed by atoms with Gasteiger partial charge in [0, 0.05) is 26.1 Å². The van der Waals surface area contributed by atoms with Crippen molar-refractivity contribution in [2.75, 3.05) is 19.6 Å². The predicted octanol–water partition coefficient (Wildman–Crippen LogP) is 3.47. The van der Waals surface area contributed by atoms with Crippen molar-refractivity contribution >= 4 is 11.8 Å². The van der Waals surface area contributed by atoms with Gasteiger partial charge in [0.2, 0.25) is 11.8 Å². The molecule has 0 saturated carbocycles. The molecule has 0 aromatic heterocycles. The van der Waals surface area contributed by atoms with Gasteiger partial charge in [-0.3, -0.25) is 9.59 Å². The fraction of sp³-hybridized carbons (Fsp3) is 0.545. The van der Waals surface area contributed by atoms with Crippen molar-refractivity contribution in [2.24, 2.45) is 5.92 Å². The average Bonchev–Trinajstić information content (AvgIpc) is 2.69. The highest BCUT2D eigenvalue weighted by molar-refractivity contribution is 5.83. The summed E-state index contributed by atoms with van der Waals surface area (Å²) in [6.45, 7) is 1.97. The smallest absolute Gasteiger partial charge is 0.224 e. The fourth-order valence-electron chi connectivity index (χ4n) is 3.88. The number of amides is 2. The van der Waals surface area contributed by atoms with E-state index in [1.165, 1.54) is 36.8 Å². The molecule has 1 saturated heterocycles. The second-order valence-electron chi connectivity index (χ2n) is 7.46. The molecule has 0 spiro atoms. The SMILES string of the molecule is O=C(NCCC1=CCCCC1)C1CCC(=O)N(CCc2ccccc2)C1. The summed E-state index contributed by atoms with van der Waals surface area (Å²) in [7, 11) is 0. The van der Waals surface area contributed by atoms with Crippen molar-refractivity contribution in [3.05, 3.63) is 47.5 Å². The van der Waals surface area contributed by atoms with E-state index >= 15 is 0 Å². The first-order chi connectivity index (χ1) is 12.7. The third-order valence-corrected chi connectivity index (χ3v) is 5.51. The molecule has 1 fully saturated rings. The Hall–Kier alpha value is -2.10. The van der Waals surface area contributed by atoms with E-state index in [2.05, 4.69) is 23.5 Å². The quantitative estimate of drug-likeness (QED) is 0.762. The molecule has 1 aromatic rings. The van der Waals surface area contributed by atoms with Crippen LogP contribution in [0.2, 0.25) is 0 Å². The monoisotopic (exact) mass is 354 g/mol. The second-order valence-corrected chi connectivity index (χ2v) is 7.46. The molecule has 0 radical (unpaired) electrons. The van der Waals surface area contributed by atoms with Gasteiger partial charge in [0.15, 0.2) is 0 Å². The molecule has 4 heteroatoms. The molecule has 140 valence electrons. The van der Waals surface area contributed by atoms with E-state index in [1.54, 1.807) is 0 Å². The standard InChI is InChI=1S/C22H30N2O2/c25-21-12-11-20(17-24(21)16-14-19-9-5-2-6-10-19)22(26)23-15-13-18-7-3-1-4-8-18/h2,5-7,9-10,20H,1,3-4,8,11-17H2,(H,23,26). The van der Waals surface area contributed by atoms with Crippen LogP contribution in [0.3, 0.4) is 0 Å². The molecule has 1 N–H and O–H groups in total. The maximum Gasteiger partial charge on any atom is 0.224 e. The van der Waals surface area contributed by atoms with Crippen molar-refractivity contribution < 1.29 is 9.59 Å². The highest BCUT2D eigenvalue weighted by Gasteiger charge is 2.29. The van der Waals surface area contributed by atoms with Crippen molar-refractivity contribution in [3.8, 4) is 0 Å². The molecule has 1 unspecified atom stereocenters. The zero-order valence-corrected chi connectivity index (χ0v) is 15.6. The van der Waals surface area contributed by atoms with Gasteiger partial charge in [-0.15, -0.1) is 0 Å². The first kappa shape index (κ1) is 18.7. The van der Waals surface area contributed by atoms with Gasteiger partial charge in [0.1, 0.15) is 0 Å². The Labute approximate surface area is 156 Å². The highest BCUT2D eigenvalue weighted by atomic mass is 16.2. The van der Waals surface area contributed by atoms with E-state index in [0.29, 0.717) is 25.9 Å². The van der Waals surface area contributed by atoms with Crippen LogP contribution in [0, 0.1) is 5.92 Å². The largest absolute Gasteiger partial charge is 0.355 e. The predicted molar refractivity (Wildman–Crippen MR) is 104 cm³/mol. The molecule has 4 nitrogen and oxygen atoms in total. The number of allylic oxidation sites excluding steroid dienone is 1. The van der Waals surface area contributed by atoms with Crippen LogP contribution in [-0.2, 0) is 16.0 Å². The summed E-state index contributed by atoms with van der Waals surface area (Å²) in [6.07, 6.45) is 10.2. The van der Waals surface area contributed by atoms with Crippen molar-refractivity contribution in [2.45, 2.75) is 51.4 Å². The molecule has 1 heterocycles. The summed E-state index contributed by atoms with van der Waals surface area (Å²) < 4.78 is 0. The number of likely N-dealkylation sites (tertiary alicyclic amines) is 1. The van der Waals surface area contributed by atoms with E-state index in [9.17, 15) is 9.59 Å². The number of rotatable bonds is 7. The Kier molecular flexibility index (Phi) is 6.87. The van der Waals surface area contributed by atoms with Crippen molar-refractivity contribution in [3.63, 3.8) is 0 Å². The van der Waals surface area contributed by atoms with Gasteiger partial charge < -0.3 is 10.2 Å². The molecule has 3 rings (SSSR count). The first-order valence-electron chi connectivity index (χ1n) is 9.99. The van der Waals surface area contributed by atoms with E-state index in [1.807, 2.05) is 23.1 Å². The van der Waals surface area contributed by atoms with Crippen LogP contribution < -0.4 is 5.32 Å². The molecule has 1 aromatic carbocycles. The summed E-state index contributed by atoms with van der Waals surface area (Å²) in [4.78, 5) is 26.6. The van der Waals surface area contributed by atoms with E-state index in [0.717, 1.165) is 19.4 Å². The Morgan fingerprint density at radius 3 is 2.73 bits per heavy atom. The van der Waals surface area contributed by atoms with Crippen LogP contribution in [0.4, 0.5) is 0 Å². The lowest BCUT2D eigenvalue weighted by atomic mass is 9.95. The van der Waals surface area contributed by atoms with Gasteiger partial charge in [-0.05, 0) is 50.5 Å². The minimum absolute atomic E-state index is 0.0659. The summed E-state index contributed by atoms with van der Waals surface area (Å²) in [5.74, 6) is 0.222. The van der Waals surface area contributed by atoms with Gasteiger partial charge in [0.25, 0.3) is 0 Å². The Morgan fingerprint density at radius 1 is 1.12 bits per heavy atom.